The molecule has 0 aliphatic heterocycles. The number of hydrogen-bond acceptors (Lipinski definition) is 2. The summed E-state index contributed by atoms with van der Waals surface area (Å²) in [6, 6.07) is 5.10. The quantitative estimate of drug-likeness (QED) is 0.487. The van der Waals surface area contributed by atoms with Crippen LogP contribution in [0, 0.1) is 11.8 Å². The highest BCUT2D eigenvalue weighted by atomic mass is 19.4. The average molecular weight is 424 g/mol. The van der Waals surface area contributed by atoms with Gasteiger partial charge in [-0.2, -0.15) is 39.5 Å². The summed E-state index contributed by atoms with van der Waals surface area (Å²) in [6.45, 7) is 0. The maximum Gasteiger partial charge on any atom is 0.460 e. The molecule has 0 spiro atoms. The van der Waals surface area contributed by atoms with Crippen LogP contribution in [0.25, 0.3) is 5.57 Å². The Hall–Kier alpha value is -3.03. The number of allylic oxidation sites excluding steroid dienone is 2. The van der Waals surface area contributed by atoms with Crippen molar-refractivity contribution in [1.29, 1.82) is 0 Å². The third-order valence-corrected chi connectivity index (χ3v) is 3.47. The van der Waals surface area contributed by atoms with Crippen LogP contribution in [0.4, 0.5) is 39.5 Å². The van der Waals surface area contributed by atoms with Gasteiger partial charge in [-0.3, -0.25) is 9.97 Å². The molecule has 0 aromatic carbocycles. The molecule has 0 fully saturated rings. The van der Waals surface area contributed by atoms with E-state index in [-0.39, 0.29) is 11.1 Å². The minimum atomic E-state index is -6.99. The molecule has 0 atom stereocenters. The van der Waals surface area contributed by atoms with Crippen molar-refractivity contribution in [1.82, 2.24) is 9.97 Å². The molecule has 154 valence electrons. The molecule has 0 amide bonds. The first-order chi connectivity index (χ1) is 13.3. The molecule has 0 bridgehead atoms. The van der Waals surface area contributed by atoms with Gasteiger partial charge < -0.3 is 0 Å². The van der Waals surface area contributed by atoms with E-state index in [0.717, 1.165) is 12.3 Å². The molecule has 0 unspecified atom stereocenters. The van der Waals surface area contributed by atoms with Gasteiger partial charge in [-0.15, -0.1) is 0 Å². The zero-order valence-electron chi connectivity index (χ0n) is 14.0. The van der Waals surface area contributed by atoms with Crippen molar-refractivity contribution in [3.05, 3.63) is 66.3 Å². The first kappa shape index (κ1) is 22.3. The summed E-state index contributed by atoms with van der Waals surface area (Å²) < 4.78 is 118. The van der Waals surface area contributed by atoms with Crippen molar-refractivity contribution in [3.63, 3.8) is 0 Å². The minimum Gasteiger partial charge on any atom is -0.264 e. The molecule has 2 aromatic rings. The van der Waals surface area contributed by atoms with Crippen LogP contribution in [0.1, 0.15) is 11.1 Å². The van der Waals surface area contributed by atoms with Crippen LogP contribution in [0.3, 0.4) is 0 Å². The second-order valence-electron chi connectivity index (χ2n) is 5.56. The molecule has 2 rings (SSSR count). The number of pyridine rings is 2. The van der Waals surface area contributed by atoms with E-state index in [9.17, 15) is 39.5 Å². The molecule has 2 heterocycles. The largest absolute Gasteiger partial charge is 0.460 e. The van der Waals surface area contributed by atoms with Crippen LogP contribution >= 0.6 is 0 Å². The first-order valence-corrected chi connectivity index (χ1v) is 7.55. The number of halogens is 9. The summed E-state index contributed by atoms with van der Waals surface area (Å²) >= 11 is 0. The minimum absolute atomic E-state index is 0.151. The summed E-state index contributed by atoms with van der Waals surface area (Å²) in [7, 11) is 0. The van der Waals surface area contributed by atoms with Crippen LogP contribution in [-0.2, 0) is 0 Å². The Labute approximate surface area is 158 Å². The van der Waals surface area contributed by atoms with Gasteiger partial charge >= 0.3 is 23.9 Å². The number of aromatic nitrogens is 2. The van der Waals surface area contributed by atoms with Crippen molar-refractivity contribution in [2.75, 3.05) is 0 Å². The van der Waals surface area contributed by atoms with Gasteiger partial charge in [0, 0.05) is 47.6 Å². The fraction of sp³-hybridized carbons (Fsp3) is 0.222. The third kappa shape index (κ3) is 4.52. The molecule has 0 saturated carbocycles. The van der Waals surface area contributed by atoms with Gasteiger partial charge in [0.25, 0.3) is 0 Å². The van der Waals surface area contributed by atoms with Crippen LogP contribution < -0.4 is 0 Å². The van der Waals surface area contributed by atoms with Gasteiger partial charge in [0.1, 0.15) is 0 Å². The lowest BCUT2D eigenvalue weighted by molar-refractivity contribution is -0.388. The van der Waals surface area contributed by atoms with E-state index in [4.69, 9.17) is 0 Å². The normalized spacial score (nSPS) is 13.6. The topological polar surface area (TPSA) is 25.8 Å². The van der Waals surface area contributed by atoms with Crippen LogP contribution in [0.2, 0.25) is 0 Å². The van der Waals surface area contributed by atoms with E-state index in [1.807, 2.05) is 0 Å². The summed E-state index contributed by atoms with van der Waals surface area (Å²) in [5.74, 6) is -15.3. The van der Waals surface area contributed by atoms with Crippen molar-refractivity contribution < 1.29 is 39.5 Å². The Morgan fingerprint density at radius 1 is 0.793 bits per heavy atom. The highest BCUT2D eigenvalue weighted by molar-refractivity contribution is 5.80. The van der Waals surface area contributed by atoms with E-state index in [2.05, 4.69) is 21.8 Å². The van der Waals surface area contributed by atoms with E-state index in [1.54, 1.807) is 0 Å². The molecule has 0 radical (unpaired) electrons. The molecule has 0 aliphatic rings. The number of nitrogens with zero attached hydrogens (tertiary/aromatic N) is 2. The van der Waals surface area contributed by atoms with Gasteiger partial charge in [-0.1, -0.05) is 17.9 Å². The van der Waals surface area contributed by atoms with Gasteiger partial charge in [0.15, 0.2) is 0 Å². The molecule has 2 nitrogen and oxygen atoms in total. The second-order valence-corrected chi connectivity index (χ2v) is 5.56. The smallest absolute Gasteiger partial charge is 0.264 e. The Kier molecular flexibility index (Phi) is 5.96. The second kappa shape index (κ2) is 7.77. The van der Waals surface area contributed by atoms with E-state index in [1.165, 1.54) is 36.8 Å². The van der Waals surface area contributed by atoms with Crippen molar-refractivity contribution in [2.24, 2.45) is 0 Å². The number of alkyl halides is 9. The molecule has 2 aromatic heterocycles. The van der Waals surface area contributed by atoms with Crippen LogP contribution in [0.15, 0.2) is 55.1 Å². The predicted octanol–water partition coefficient (Wildman–Crippen LogP) is 5.38. The summed E-state index contributed by atoms with van der Waals surface area (Å²) in [4.78, 5) is 7.24. The zero-order chi connectivity index (χ0) is 21.9. The molecule has 0 saturated heterocycles. The maximum atomic E-state index is 14.0. The molecular formula is C18H9F9N2. The van der Waals surface area contributed by atoms with E-state index in [0.29, 0.717) is 0 Å². The molecule has 0 N–H and O–H groups in total. The molecule has 29 heavy (non-hydrogen) atoms. The standard InChI is InChI=1S/C18H9F9N2/c19-15(20,16(21,22)17(23,24)18(25,26)27)9-13(14-4-2-8-29-11-14)6-5-12-3-1-7-28-10-12/h1-4,7-11H/b13-9+. The predicted molar refractivity (Wildman–Crippen MR) is 84.2 cm³/mol. The number of hydrogen-bond donors (Lipinski definition) is 0. The van der Waals surface area contributed by atoms with Crippen LogP contribution in [0.5, 0.6) is 0 Å². The first-order valence-electron chi connectivity index (χ1n) is 7.55. The molecule has 11 heteroatoms. The van der Waals surface area contributed by atoms with Gasteiger partial charge in [0.2, 0.25) is 0 Å². The lowest BCUT2D eigenvalue weighted by Crippen LogP contribution is -2.60. The van der Waals surface area contributed by atoms with Gasteiger partial charge in [0.05, 0.1) is 0 Å². The summed E-state index contributed by atoms with van der Waals surface area (Å²) in [5.41, 5.74) is -1.07. The van der Waals surface area contributed by atoms with Gasteiger partial charge in [-0.05, 0) is 18.2 Å². The Morgan fingerprint density at radius 3 is 1.86 bits per heavy atom. The van der Waals surface area contributed by atoms with Crippen LogP contribution in [-0.4, -0.2) is 33.9 Å². The fourth-order valence-corrected chi connectivity index (χ4v) is 1.95. The Morgan fingerprint density at radius 2 is 1.38 bits per heavy atom. The monoisotopic (exact) mass is 424 g/mol. The van der Waals surface area contributed by atoms with E-state index < -0.39 is 35.6 Å². The maximum absolute atomic E-state index is 14.0. The lowest BCUT2D eigenvalue weighted by atomic mass is 9.98. The Balaban J connectivity index is 2.59. The average Bonchev–Trinajstić information content (AvgIpc) is 2.65. The highest BCUT2D eigenvalue weighted by Gasteiger charge is 2.81. The molecule has 0 aliphatic carbocycles. The lowest BCUT2D eigenvalue weighted by Gasteiger charge is -2.32. The third-order valence-electron chi connectivity index (χ3n) is 3.47. The SMILES string of the molecule is FC(F)(F)C(F)(F)C(F)(F)C(F)(F)/C=C(\C#Cc1cccnc1)c1cccnc1. The Bertz CT molecular complexity index is 925. The summed E-state index contributed by atoms with van der Waals surface area (Å²) in [6.07, 6.45) is -2.98. The van der Waals surface area contributed by atoms with Crippen molar-refractivity contribution in [3.8, 4) is 11.8 Å². The van der Waals surface area contributed by atoms with Gasteiger partial charge in [-0.25, -0.2) is 0 Å². The zero-order valence-corrected chi connectivity index (χ0v) is 14.0. The highest BCUT2D eigenvalue weighted by Crippen LogP contribution is 2.53. The van der Waals surface area contributed by atoms with Crippen molar-refractivity contribution >= 4 is 5.57 Å². The van der Waals surface area contributed by atoms with E-state index >= 15 is 0 Å². The fourth-order valence-electron chi connectivity index (χ4n) is 1.95. The number of rotatable bonds is 4. The summed E-state index contributed by atoms with van der Waals surface area (Å²) in [5, 5.41) is 0. The molecular weight excluding hydrogens is 415 g/mol. The van der Waals surface area contributed by atoms with Crippen molar-refractivity contribution in [2.45, 2.75) is 23.9 Å².